The third-order valence-corrected chi connectivity index (χ3v) is 3.78. The number of halogens is 1. The van der Waals surface area contributed by atoms with Crippen LogP contribution in [0.3, 0.4) is 0 Å². The first-order valence-electron chi connectivity index (χ1n) is 5.69. The van der Waals surface area contributed by atoms with Crippen LogP contribution in [0.2, 0.25) is 0 Å². The van der Waals surface area contributed by atoms with Crippen LogP contribution in [0.5, 0.6) is 0 Å². The molecule has 0 aromatic heterocycles. The van der Waals surface area contributed by atoms with E-state index in [1.165, 1.54) is 30.0 Å². The van der Waals surface area contributed by atoms with E-state index in [-0.39, 0.29) is 40.5 Å². The Morgan fingerprint density at radius 3 is 2.95 bits per heavy atom. The molecule has 1 aliphatic rings. The summed E-state index contributed by atoms with van der Waals surface area (Å²) in [5.41, 5.74) is 0.142. The molecular formula is C13H11FN2O2S. The van der Waals surface area contributed by atoms with Crippen molar-refractivity contribution in [2.75, 3.05) is 11.4 Å². The molecule has 98 valence electrons. The summed E-state index contributed by atoms with van der Waals surface area (Å²) in [4.78, 5) is 24.2. The first-order valence-corrected chi connectivity index (χ1v) is 6.57. The Hall–Kier alpha value is -1.87. The zero-order chi connectivity index (χ0) is 14.0. The predicted octanol–water partition coefficient (Wildman–Crippen LogP) is 2.08. The summed E-state index contributed by atoms with van der Waals surface area (Å²) in [5.74, 6) is -0.860. The van der Waals surface area contributed by atoms with E-state index in [4.69, 9.17) is 5.26 Å². The normalized spacial score (nSPS) is 18.5. The fraction of sp³-hybridized carbons (Fsp3) is 0.308. The highest BCUT2D eigenvalue weighted by Crippen LogP contribution is 2.32. The van der Waals surface area contributed by atoms with E-state index in [1.807, 2.05) is 6.07 Å². The molecule has 1 aromatic rings. The SMILES string of the molecule is CC(=O)SC1CC(=O)N(c2c(F)cccc2C#N)C1. The smallest absolute Gasteiger partial charge is 0.228 e. The lowest BCUT2D eigenvalue weighted by Crippen LogP contribution is -2.27. The van der Waals surface area contributed by atoms with E-state index < -0.39 is 5.82 Å². The van der Waals surface area contributed by atoms with Crippen molar-refractivity contribution < 1.29 is 14.0 Å². The van der Waals surface area contributed by atoms with E-state index in [9.17, 15) is 14.0 Å². The minimum atomic E-state index is -0.596. The number of anilines is 1. The van der Waals surface area contributed by atoms with Crippen molar-refractivity contribution in [2.24, 2.45) is 0 Å². The van der Waals surface area contributed by atoms with E-state index in [2.05, 4.69) is 0 Å². The Labute approximate surface area is 114 Å². The first kappa shape index (κ1) is 13.6. The van der Waals surface area contributed by atoms with Crippen molar-refractivity contribution in [3.63, 3.8) is 0 Å². The molecule has 0 spiro atoms. The van der Waals surface area contributed by atoms with Gasteiger partial charge in [-0.3, -0.25) is 9.59 Å². The summed E-state index contributed by atoms with van der Waals surface area (Å²) in [6, 6.07) is 6.00. The summed E-state index contributed by atoms with van der Waals surface area (Å²) in [6.07, 6.45) is 0.184. The van der Waals surface area contributed by atoms with Crippen molar-refractivity contribution >= 4 is 28.5 Å². The number of nitrogens with zero attached hydrogens (tertiary/aromatic N) is 2. The van der Waals surface area contributed by atoms with Crippen LogP contribution < -0.4 is 4.90 Å². The largest absolute Gasteiger partial charge is 0.307 e. The summed E-state index contributed by atoms with van der Waals surface area (Å²) in [7, 11) is 0. The number of nitriles is 1. The Balaban J connectivity index is 2.31. The van der Waals surface area contributed by atoms with Gasteiger partial charge in [0.15, 0.2) is 5.12 Å². The lowest BCUT2D eigenvalue weighted by Gasteiger charge is -2.18. The maximum Gasteiger partial charge on any atom is 0.228 e. The molecule has 1 unspecified atom stereocenters. The molecule has 6 heteroatoms. The van der Waals surface area contributed by atoms with Crippen LogP contribution in [0.15, 0.2) is 18.2 Å². The maximum atomic E-state index is 13.8. The Bertz CT molecular complexity index is 582. The topological polar surface area (TPSA) is 61.2 Å². The second-order valence-electron chi connectivity index (χ2n) is 4.19. The molecule has 0 aliphatic carbocycles. The molecule has 1 amide bonds. The van der Waals surface area contributed by atoms with Crippen LogP contribution in [0.25, 0.3) is 0 Å². The van der Waals surface area contributed by atoms with Crippen LogP contribution in [0.1, 0.15) is 18.9 Å². The molecule has 1 saturated heterocycles. The second kappa shape index (κ2) is 5.41. The van der Waals surface area contributed by atoms with Gasteiger partial charge >= 0.3 is 0 Å². The molecule has 4 nitrogen and oxygen atoms in total. The molecule has 1 aliphatic heterocycles. The van der Waals surface area contributed by atoms with Crippen molar-refractivity contribution in [2.45, 2.75) is 18.6 Å². The van der Waals surface area contributed by atoms with Gasteiger partial charge in [-0.25, -0.2) is 4.39 Å². The summed E-state index contributed by atoms with van der Waals surface area (Å²) in [5, 5.41) is 8.73. The molecule has 1 heterocycles. The second-order valence-corrected chi connectivity index (χ2v) is 5.66. The third kappa shape index (κ3) is 2.76. The van der Waals surface area contributed by atoms with E-state index in [1.54, 1.807) is 0 Å². The molecule has 1 atom stereocenters. The van der Waals surface area contributed by atoms with Gasteiger partial charge in [-0.2, -0.15) is 5.26 Å². The molecule has 19 heavy (non-hydrogen) atoms. The van der Waals surface area contributed by atoms with E-state index >= 15 is 0 Å². The standard InChI is InChI=1S/C13H11FN2O2S/c1-8(17)19-10-5-12(18)16(7-10)13-9(6-15)3-2-4-11(13)14/h2-4,10H,5,7H2,1H3. The number of hydrogen-bond donors (Lipinski definition) is 0. The minimum absolute atomic E-state index is 0.0154. The number of thioether (sulfide) groups is 1. The average molecular weight is 278 g/mol. The summed E-state index contributed by atoms with van der Waals surface area (Å²) < 4.78 is 13.8. The highest BCUT2D eigenvalue weighted by atomic mass is 32.2. The number of benzene rings is 1. The first-order chi connectivity index (χ1) is 9.02. The summed E-state index contributed by atoms with van der Waals surface area (Å²) in [6.45, 7) is 1.68. The zero-order valence-electron chi connectivity index (χ0n) is 10.2. The van der Waals surface area contributed by atoms with Crippen molar-refractivity contribution in [3.05, 3.63) is 29.6 Å². The molecule has 0 bridgehead atoms. The van der Waals surface area contributed by atoms with Crippen molar-refractivity contribution in [1.29, 1.82) is 5.26 Å². The van der Waals surface area contributed by atoms with Gasteiger partial charge in [0.05, 0.1) is 11.3 Å². The van der Waals surface area contributed by atoms with E-state index in [0.29, 0.717) is 0 Å². The number of para-hydroxylation sites is 1. The minimum Gasteiger partial charge on any atom is -0.307 e. The molecule has 1 fully saturated rings. The van der Waals surface area contributed by atoms with Crippen LogP contribution in [-0.2, 0) is 9.59 Å². The van der Waals surface area contributed by atoms with Gasteiger partial charge in [-0.05, 0) is 12.1 Å². The highest BCUT2D eigenvalue weighted by Gasteiger charge is 2.34. The number of hydrogen-bond acceptors (Lipinski definition) is 4. The van der Waals surface area contributed by atoms with Crippen molar-refractivity contribution in [1.82, 2.24) is 0 Å². The summed E-state index contributed by atoms with van der Waals surface area (Å²) >= 11 is 1.08. The van der Waals surface area contributed by atoms with Gasteiger partial charge in [-0.1, -0.05) is 17.8 Å². The van der Waals surface area contributed by atoms with Gasteiger partial charge in [-0.15, -0.1) is 0 Å². The fourth-order valence-corrected chi connectivity index (χ4v) is 3.00. The fourth-order valence-electron chi connectivity index (χ4n) is 2.08. The molecule has 0 saturated carbocycles. The van der Waals surface area contributed by atoms with Gasteiger partial charge in [0.1, 0.15) is 11.9 Å². The zero-order valence-corrected chi connectivity index (χ0v) is 11.0. The number of carbonyl (C=O) groups excluding carboxylic acids is 2. The van der Waals surface area contributed by atoms with Crippen LogP contribution in [0.4, 0.5) is 10.1 Å². The lowest BCUT2D eigenvalue weighted by atomic mass is 10.1. The quantitative estimate of drug-likeness (QED) is 0.831. The predicted molar refractivity (Wildman–Crippen MR) is 70.1 cm³/mol. The van der Waals surface area contributed by atoms with Crippen LogP contribution >= 0.6 is 11.8 Å². The number of amides is 1. The third-order valence-electron chi connectivity index (χ3n) is 2.80. The molecule has 0 N–H and O–H groups in total. The average Bonchev–Trinajstić information content (AvgIpc) is 2.68. The Morgan fingerprint density at radius 2 is 2.32 bits per heavy atom. The molecule has 0 radical (unpaired) electrons. The van der Waals surface area contributed by atoms with E-state index in [0.717, 1.165) is 11.8 Å². The Morgan fingerprint density at radius 1 is 1.58 bits per heavy atom. The number of rotatable bonds is 2. The number of carbonyl (C=O) groups is 2. The molecule has 1 aromatic carbocycles. The van der Waals surface area contributed by atoms with Gasteiger partial charge < -0.3 is 4.90 Å². The monoisotopic (exact) mass is 278 g/mol. The lowest BCUT2D eigenvalue weighted by molar-refractivity contribution is -0.117. The van der Waals surface area contributed by atoms with Crippen LogP contribution in [-0.4, -0.2) is 22.8 Å². The van der Waals surface area contributed by atoms with Crippen LogP contribution in [0, 0.1) is 17.1 Å². The Kier molecular flexibility index (Phi) is 3.86. The highest BCUT2D eigenvalue weighted by molar-refractivity contribution is 8.14. The maximum absolute atomic E-state index is 13.8. The van der Waals surface area contributed by atoms with Gasteiger partial charge in [0, 0.05) is 25.1 Å². The van der Waals surface area contributed by atoms with Gasteiger partial charge in [0.25, 0.3) is 0 Å². The van der Waals surface area contributed by atoms with Crippen molar-refractivity contribution in [3.8, 4) is 6.07 Å². The van der Waals surface area contributed by atoms with Gasteiger partial charge in [0.2, 0.25) is 5.91 Å². The molecule has 2 rings (SSSR count). The molecular weight excluding hydrogens is 267 g/mol.